The molecule has 0 fully saturated rings. The van der Waals surface area contributed by atoms with Crippen molar-refractivity contribution in [2.75, 3.05) is 5.01 Å². The first-order valence-corrected chi connectivity index (χ1v) is 13.5. The number of aromatic carboxylic acids is 1. The van der Waals surface area contributed by atoms with E-state index in [1.165, 1.54) is 47.2 Å². The van der Waals surface area contributed by atoms with Gasteiger partial charge in [0.2, 0.25) is 0 Å². The highest BCUT2D eigenvalue weighted by molar-refractivity contribution is 6.08. The van der Waals surface area contributed by atoms with Crippen molar-refractivity contribution in [2.45, 2.75) is 20.5 Å². The Morgan fingerprint density at radius 2 is 1.64 bits per heavy atom. The molecule has 0 spiro atoms. The van der Waals surface area contributed by atoms with Gasteiger partial charge in [0.25, 0.3) is 17.0 Å². The first kappa shape index (κ1) is 29.0. The topological polar surface area (TPSA) is 203 Å². The van der Waals surface area contributed by atoms with Crippen LogP contribution in [0.5, 0.6) is 5.88 Å². The Hall–Kier alpha value is -6.12. The molecule has 0 unspecified atom stereocenters. The van der Waals surface area contributed by atoms with Crippen molar-refractivity contribution in [2.24, 2.45) is 5.10 Å². The van der Waals surface area contributed by atoms with Gasteiger partial charge in [0.15, 0.2) is 17.2 Å². The number of rotatable bonds is 7. The van der Waals surface area contributed by atoms with Gasteiger partial charge in [-0.3, -0.25) is 19.6 Å². The number of H-pyrrole nitrogens is 2. The number of aromatic amines is 2. The normalized spacial score (nSPS) is 13.2. The van der Waals surface area contributed by atoms with Crippen molar-refractivity contribution in [3.63, 3.8) is 0 Å². The zero-order valence-electron chi connectivity index (χ0n) is 23.7. The van der Waals surface area contributed by atoms with E-state index in [0.717, 1.165) is 5.01 Å². The van der Waals surface area contributed by atoms with E-state index in [-0.39, 0.29) is 45.7 Å². The number of carbonyl (C=O) groups excluding carboxylic acids is 1. The van der Waals surface area contributed by atoms with Crippen LogP contribution >= 0.6 is 0 Å². The number of aromatic nitrogens is 4. The number of anilines is 1. The molecule has 5 N–H and O–H groups in total. The van der Waals surface area contributed by atoms with Crippen molar-refractivity contribution in [3.8, 4) is 23.0 Å². The van der Waals surface area contributed by atoms with Crippen molar-refractivity contribution < 1.29 is 29.9 Å². The molecular formula is C31H24N6O8. The van der Waals surface area contributed by atoms with E-state index in [9.17, 15) is 24.3 Å². The van der Waals surface area contributed by atoms with Crippen LogP contribution < -0.4 is 26.8 Å². The van der Waals surface area contributed by atoms with Gasteiger partial charge in [-0.05, 0) is 79.1 Å². The molecule has 3 aliphatic heterocycles. The lowest BCUT2D eigenvalue weighted by molar-refractivity contribution is -0.253. The standard InChI is InChI=1S/C31H24N6O8/c1-15-21(27(38)32-25-23(15)29(40)36(34-25)19-10-6-17(7-11-19)14-45-44)4-3-5-22-16(2)24-26(33-28(22)39)35-37(30(24)41)20-12-8-18(9-13-20)31(42)43/h3-13,44H,14H2,1-2H3,(H,42,43)(H2,32,34,38)(H,33,35,39)/b4-3+,22-5-. The number of carbonyl (C=O) groups is 2. The van der Waals surface area contributed by atoms with Crippen LogP contribution in [0.25, 0.3) is 29.2 Å². The highest BCUT2D eigenvalue weighted by Crippen LogP contribution is 2.30. The summed E-state index contributed by atoms with van der Waals surface area (Å²) in [6.07, 6.45) is 4.52. The zero-order valence-corrected chi connectivity index (χ0v) is 23.7. The Morgan fingerprint density at radius 3 is 2.31 bits per heavy atom. The number of hydrogen-bond donors (Lipinski definition) is 5. The number of pyridine rings is 2. The lowest BCUT2D eigenvalue weighted by Gasteiger charge is -2.12. The minimum atomic E-state index is -1.11. The fourth-order valence-corrected chi connectivity index (χ4v) is 5.18. The van der Waals surface area contributed by atoms with E-state index in [1.807, 2.05) is 0 Å². The van der Waals surface area contributed by atoms with Crippen molar-refractivity contribution in [1.29, 1.82) is 0 Å². The van der Waals surface area contributed by atoms with Gasteiger partial charge in [-0.1, -0.05) is 18.2 Å². The molecule has 0 bridgehead atoms. The SMILES string of the molecule is Cc1c(/C=C/C=c2/c(C)c3c([nH]c2=O)=NN(c2ccc(C(=O)O)cc2)C3=O)c(O)[nH]c2nn(-c3ccc(COO)cc3)c(=O)c1-2. The average Bonchev–Trinajstić information content (AvgIpc) is 3.52. The lowest BCUT2D eigenvalue weighted by Crippen LogP contribution is -2.38. The summed E-state index contributed by atoms with van der Waals surface area (Å²) >= 11 is 0. The van der Waals surface area contributed by atoms with Crippen LogP contribution in [0.1, 0.15) is 43.0 Å². The molecule has 3 aromatic rings. The Bertz CT molecular complexity index is 2250. The fraction of sp³-hybridized carbons (Fsp3) is 0.0968. The molecule has 4 heterocycles. The largest absolute Gasteiger partial charge is 0.494 e. The van der Waals surface area contributed by atoms with Gasteiger partial charge in [-0.25, -0.2) is 9.68 Å². The summed E-state index contributed by atoms with van der Waals surface area (Å²) in [6, 6.07) is 12.2. The minimum Gasteiger partial charge on any atom is -0.494 e. The Balaban J connectivity index is 1.34. The number of aromatic hydroxyl groups is 1. The smallest absolute Gasteiger partial charge is 0.335 e. The predicted octanol–water partition coefficient (Wildman–Crippen LogP) is 2.05. The Kier molecular flexibility index (Phi) is 7.20. The molecule has 1 aromatic heterocycles. The number of nitrogens with one attached hydrogen (secondary N) is 2. The maximum absolute atomic E-state index is 13.3. The van der Waals surface area contributed by atoms with Crippen molar-refractivity contribution in [1.82, 2.24) is 19.7 Å². The third kappa shape index (κ3) is 4.99. The molecule has 0 saturated carbocycles. The maximum atomic E-state index is 13.3. The van der Waals surface area contributed by atoms with E-state index in [4.69, 9.17) is 10.4 Å². The summed E-state index contributed by atoms with van der Waals surface area (Å²) in [4.78, 5) is 60.2. The number of nitrogens with zero attached hydrogens (tertiary/aromatic N) is 4. The maximum Gasteiger partial charge on any atom is 0.335 e. The zero-order chi connectivity index (χ0) is 32.0. The number of carboxylic acids is 1. The summed E-state index contributed by atoms with van der Waals surface area (Å²) in [5, 5.41) is 38.3. The summed E-state index contributed by atoms with van der Waals surface area (Å²) in [6.45, 7) is 3.27. The number of hydrogen-bond acceptors (Lipinski definition) is 9. The third-order valence-corrected chi connectivity index (χ3v) is 7.51. The lowest BCUT2D eigenvalue weighted by atomic mass is 10.0. The van der Waals surface area contributed by atoms with E-state index in [2.05, 4.69) is 25.1 Å². The van der Waals surface area contributed by atoms with E-state index >= 15 is 0 Å². The first-order chi connectivity index (χ1) is 21.6. The first-order valence-electron chi connectivity index (χ1n) is 13.5. The third-order valence-electron chi connectivity index (χ3n) is 7.51. The molecule has 1 amide bonds. The second-order valence-corrected chi connectivity index (χ2v) is 10.2. The average molecular weight is 609 g/mol. The predicted molar refractivity (Wildman–Crippen MR) is 161 cm³/mol. The summed E-state index contributed by atoms with van der Waals surface area (Å²) in [7, 11) is 0. The Labute approximate surface area is 252 Å². The van der Waals surface area contributed by atoms with E-state index < -0.39 is 23.0 Å². The van der Waals surface area contributed by atoms with Crippen LogP contribution in [0.4, 0.5) is 5.69 Å². The summed E-state index contributed by atoms with van der Waals surface area (Å²) in [5.41, 5.74) is 2.26. The van der Waals surface area contributed by atoms with Gasteiger partial charge < -0.3 is 20.2 Å². The van der Waals surface area contributed by atoms with Crippen LogP contribution in [-0.4, -0.2) is 47.1 Å². The monoisotopic (exact) mass is 608 g/mol. The van der Waals surface area contributed by atoms with Gasteiger partial charge in [0.1, 0.15) is 6.61 Å². The highest BCUT2D eigenvalue weighted by atomic mass is 17.1. The van der Waals surface area contributed by atoms with E-state index in [1.54, 1.807) is 38.1 Å². The molecule has 3 aliphatic rings. The highest BCUT2D eigenvalue weighted by Gasteiger charge is 2.28. The molecule has 0 saturated heterocycles. The van der Waals surface area contributed by atoms with Crippen LogP contribution in [0, 0.1) is 13.8 Å². The van der Waals surface area contributed by atoms with Crippen LogP contribution in [0.15, 0.2) is 69.3 Å². The molecule has 14 heteroatoms. The number of carboxylic acid groups (broad SMARTS) is 1. The molecule has 0 radical (unpaired) electrons. The molecule has 6 rings (SSSR count). The van der Waals surface area contributed by atoms with Crippen LogP contribution in [0.3, 0.4) is 0 Å². The second kappa shape index (κ2) is 11.2. The number of allylic oxidation sites excluding steroid dienone is 1. The molecule has 45 heavy (non-hydrogen) atoms. The van der Waals surface area contributed by atoms with E-state index in [0.29, 0.717) is 33.6 Å². The number of fused-ring (bicyclic) bond motifs is 2. The number of amides is 1. The van der Waals surface area contributed by atoms with Gasteiger partial charge >= 0.3 is 5.97 Å². The fourth-order valence-electron chi connectivity index (χ4n) is 5.18. The number of benzene rings is 2. The van der Waals surface area contributed by atoms with Crippen molar-refractivity contribution >= 4 is 29.7 Å². The summed E-state index contributed by atoms with van der Waals surface area (Å²) in [5.74, 6) is -1.67. The quantitative estimate of drug-likeness (QED) is 0.135. The minimum absolute atomic E-state index is 0.00936. The van der Waals surface area contributed by atoms with Gasteiger partial charge in [0, 0.05) is 10.8 Å². The van der Waals surface area contributed by atoms with Gasteiger partial charge in [-0.15, -0.1) is 10.2 Å². The van der Waals surface area contributed by atoms with Crippen LogP contribution in [0.2, 0.25) is 0 Å². The molecule has 226 valence electrons. The van der Waals surface area contributed by atoms with Gasteiger partial charge in [-0.2, -0.15) is 9.69 Å². The molecule has 0 aliphatic carbocycles. The summed E-state index contributed by atoms with van der Waals surface area (Å²) < 4.78 is 1.19. The van der Waals surface area contributed by atoms with Gasteiger partial charge in [0.05, 0.1) is 28.1 Å². The van der Waals surface area contributed by atoms with Crippen molar-refractivity contribution in [3.05, 3.63) is 119 Å². The van der Waals surface area contributed by atoms with Crippen LogP contribution in [-0.2, 0) is 11.5 Å². The molecule has 2 aromatic carbocycles. The molecule has 0 atom stereocenters. The Morgan fingerprint density at radius 1 is 0.956 bits per heavy atom. The second-order valence-electron chi connectivity index (χ2n) is 10.2. The molecule has 14 nitrogen and oxygen atoms in total. The molecular weight excluding hydrogens is 584 g/mol.